The number of aromatic nitrogens is 2. The smallest absolute Gasteiger partial charge is 0.323 e. The zero-order valence-corrected chi connectivity index (χ0v) is 14.9. The molecule has 3 aromatic rings. The van der Waals surface area contributed by atoms with Gasteiger partial charge in [0.2, 0.25) is 0 Å². The Hall–Kier alpha value is -2.18. The van der Waals surface area contributed by atoms with Crippen LogP contribution < -0.4 is 5.56 Å². The predicted molar refractivity (Wildman–Crippen MR) is 98.6 cm³/mol. The monoisotopic (exact) mass is 374 g/mol. The van der Waals surface area contributed by atoms with Crippen molar-refractivity contribution in [2.45, 2.75) is 32.2 Å². The number of thiophene rings is 1. The summed E-state index contributed by atoms with van der Waals surface area (Å²) in [5, 5.41) is 10.4. The van der Waals surface area contributed by atoms with Crippen LogP contribution in [0.15, 0.2) is 29.1 Å². The van der Waals surface area contributed by atoms with Gasteiger partial charge in [-0.25, -0.2) is 4.98 Å². The number of hydrogen-bond donors (Lipinski definition) is 1. The van der Waals surface area contributed by atoms with E-state index in [0.29, 0.717) is 26.6 Å². The molecule has 4 rings (SSSR count). The van der Waals surface area contributed by atoms with Crippen LogP contribution in [0.3, 0.4) is 0 Å². The molecule has 1 aromatic carbocycles. The minimum atomic E-state index is -1.07. The summed E-state index contributed by atoms with van der Waals surface area (Å²) >= 11 is 7.49. The van der Waals surface area contributed by atoms with E-state index in [1.165, 1.54) is 9.44 Å². The fourth-order valence-corrected chi connectivity index (χ4v) is 4.72. The number of halogens is 1. The summed E-state index contributed by atoms with van der Waals surface area (Å²) < 4.78 is 1.26. The number of fused-ring (bicyclic) bond motifs is 3. The molecule has 0 unspecified atom stereocenters. The van der Waals surface area contributed by atoms with E-state index in [-0.39, 0.29) is 5.56 Å². The summed E-state index contributed by atoms with van der Waals surface area (Å²) in [4.78, 5) is 31.0. The molecule has 0 spiro atoms. The van der Waals surface area contributed by atoms with Gasteiger partial charge in [0.1, 0.15) is 17.2 Å². The van der Waals surface area contributed by atoms with Crippen LogP contribution in [0.2, 0.25) is 5.02 Å². The molecule has 0 bridgehead atoms. The van der Waals surface area contributed by atoms with Crippen LogP contribution in [0.1, 0.15) is 23.3 Å². The third kappa shape index (κ3) is 2.85. The number of carbonyl (C=O) groups is 1. The van der Waals surface area contributed by atoms with Crippen molar-refractivity contribution in [3.05, 3.63) is 50.1 Å². The molecule has 0 amide bonds. The van der Waals surface area contributed by atoms with E-state index in [1.807, 2.05) is 0 Å². The molecule has 2 aromatic heterocycles. The van der Waals surface area contributed by atoms with Crippen molar-refractivity contribution in [3.8, 4) is 11.4 Å². The molecule has 0 fully saturated rings. The third-order valence-electron chi connectivity index (χ3n) is 4.47. The van der Waals surface area contributed by atoms with Crippen molar-refractivity contribution in [2.24, 2.45) is 0 Å². The average molecular weight is 375 g/mol. The molecule has 128 valence electrons. The van der Waals surface area contributed by atoms with Crippen LogP contribution >= 0.6 is 22.9 Å². The second kappa shape index (κ2) is 6.28. The number of nitrogens with zero attached hydrogens (tertiary/aromatic N) is 2. The molecule has 1 aliphatic rings. The van der Waals surface area contributed by atoms with Gasteiger partial charge in [-0.3, -0.25) is 14.2 Å². The summed E-state index contributed by atoms with van der Waals surface area (Å²) in [7, 11) is 0. The lowest BCUT2D eigenvalue weighted by molar-refractivity contribution is -0.137. The van der Waals surface area contributed by atoms with E-state index in [4.69, 9.17) is 11.6 Å². The van der Waals surface area contributed by atoms with E-state index in [1.54, 1.807) is 35.6 Å². The van der Waals surface area contributed by atoms with Crippen molar-refractivity contribution < 1.29 is 9.90 Å². The topological polar surface area (TPSA) is 72.2 Å². The maximum atomic E-state index is 13.1. The molecular weight excluding hydrogens is 360 g/mol. The Balaban J connectivity index is 2.02. The molecule has 1 aliphatic carbocycles. The molecule has 1 N–H and O–H groups in total. The number of benzene rings is 1. The highest BCUT2D eigenvalue weighted by Crippen LogP contribution is 2.34. The van der Waals surface area contributed by atoms with Gasteiger partial charge in [-0.15, -0.1) is 11.3 Å². The molecule has 25 heavy (non-hydrogen) atoms. The number of aryl methyl sites for hydroxylation is 2. The van der Waals surface area contributed by atoms with Gasteiger partial charge in [-0.05, 0) is 55.5 Å². The molecule has 0 aliphatic heterocycles. The Bertz CT molecular complexity index is 1040. The van der Waals surface area contributed by atoms with Crippen molar-refractivity contribution in [2.75, 3.05) is 0 Å². The van der Waals surface area contributed by atoms with Gasteiger partial charge < -0.3 is 5.11 Å². The SMILES string of the molecule is O=C(O)Cn1c(-c2ccc(Cl)cc2)nc2sc3c(c2c1=O)CCCC3. The van der Waals surface area contributed by atoms with E-state index >= 15 is 0 Å². The fourth-order valence-electron chi connectivity index (χ4n) is 3.34. The van der Waals surface area contributed by atoms with Gasteiger partial charge in [-0.2, -0.15) is 0 Å². The zero-order valence-electron chi connectivity index (χ0n) is 13.3. The maximum Gasteiger partial charge on any atom is 0.323 e. The number of hydrogen-bond acceptors (Lipinski definition) is 4. The molecule has 2 heterocycles. The summed E-state index contributed by atoms with van der Waals surface area (Å²) in [5.74, 6) is -0.697. The lowest BCUT2D eigenvalue weighted by Gasteiger charge is -2.12. The summed E-state index contributed by atoms with van der Waals surface area (Å²) in [5.41, 5.74) is 1.47. The minimum absolute atomic E-state index is 0.267. The quantitative estimate of drug-likeness (QED) is 0.758. The van der Waals surface area contributed by atoms with Crippen LogP contribution in [-0.2, 0) is 24.2 Å². The van der Waals surface area contributed by atoms with E-state index in [2.05, 4.69) is 4.98 Å². The van der Waals surface area contributed by atoms with Crippen LogP contribution in [0.5, 0.6) is 0 Å². The Labute approximate surface area is 152 Å². The largest absolute Gasteiger partial charge is 0.480 e. The molecule has 0 saturated carbocycles. The predicted octanol–water partition coefficient (Wildman–Crippen LogP) is 3.74. The van der Waals surface area contributed by atoms with Crippen molar-refractivity contribution in [3.63, 3.8) is 0 Å². The lowest BCUT2D eigenvalue weighted by Crippen LogP contribution is -2.27. The minimum Gasteiger partial charge on any atom is -0.480 e. The summed E-state index contributed by atoms with van der Waals surface area (Å²) in [6.07, 6.45) is 3.99. The van der Waals surface area contributed by atoms with Gasteiger partial charge >= 0.3 is 5.97 Å². The Morgan fingerprint density at radius 2 is 1.96 bits per heavy atom. The first kappa shape index (κ1) is 16.3. The second-order valence-electron chi connectivity index (χ2n) is 6.12. The number of rotatable bonds is 3. The highest BCUT2D eigenvalue weighted by atomic mass is 35.5. The molecule has 7 heteroatoms. The number of aliphatic carboxylic acids is 1. The average Bonchev–Trinajstić information content (AvgIpc) is 2.96. The Morgan fingerprint density at radius 1 is 1.24 bits per heavy atom. The third-order valence-corrected chi connectivity index (χ3v) is 5.91. The van der Waals surface area contributed by atoms with Gasteiger partial charge in [0.05, 0.1) is 5.39 Å². The zero-order chi connectivity index (χ0) is 17.6. The lowest BCUT2D eigenvalue weighted by atomic mass is 9.97. The Kier molecular flexibility index (Phi) is 4.09. The van der Waals surface area contributed by atoms with Gasteiger partial charge in [0.15, 0.2) is 0 Å². The van der Waals surface area contributed by atoms with E-state index in [0.717, 1.165) is 31.2 Å². The second-order valence-corrected chi connectivity index (χ2v) is 7.64. The molecule has 0 atom stereocenters. The van der Waals surface area contributed by atoms with Crippen LogP contribution in [-0.4, -0.2) is 20.6 Å². The van der Waals surface area contributed by atoms with E-state index in [9.17, 15) is 14.7 Å². The first-order valence-corrected chi connectivity index (χ1v) is 9.27. The van der Waals surface area contributed by atoms with Crippen LogP contribution in [0.25, 0.3) is 21.6 Å². The Morgan fingerprint density at radius 3 is 2.68 bits per heavy atom. The highest BCUT2D eigenvalue weighted by molar-refractivity contribution is 7.18. The number of carboxylic acids is 1. The van der Waals surface area contributed by atoms with Gasteiger partial charge in [-0.1, -0.05) is 11.6 Å². The summed E-state index contributed by atoms with van der Waals surface area (Å²) in [6.45, 7) is -0.412. The summed E-state index contributed by atoms with van der Waals surface area (Å²) in [6, 6.07) is 6.92. The van der Waals surface area contributed by atoms with Crippen LogP contribution in [0, 0.1) is 0 Å². The van der Waals surface area contributed by atoms with E-state index < -0.39 is 12.5 Å². The standard InChI is InChI=1S/C18H15ClN2O3S/c19-11-7-5-10(6-8-11)16-20-17-15(18(24)21(16)9-14(22)23)12-3-1-2-4-13(12)25-17/h5-8H,1-4,9H2,(H,22,23). The first-order valence-electron chi connectivity index (χ1n) is 8.07. The van der Waals surface area contributed by atoms with Gasteiger partial charge in [0, 0.05) is 15.5 Å². The fraction of sp³-hybridized carbons (Fsp3) is 0.278. The molecular formula is C18H15ClN2O3S. The van der Waals surface area contributed by atoms with Crippen molar-refractivity contribution in [1.82, 2.24) is 9.55 Å². The number of carboxylic acid groups (broad SMARTS) is 1. The van der Waals surface area contributed by atoms with Crippen molar-refractivity contribution in [1.29, 1.82) is 0 Å². The normalized spacial score (nSPS) is 13.8. The van der Waals surface area contributed by atoms with Crippen molar-refractivity contribution >= 4 is 39.1 Å². The highest BCUT2D eigenvalue weighted by Gasteiger charge is 2.23. The van der Waals surface area contributed by atoms with Crippen LogP contribution in [0.4, 0.5) is 0 Å². The first-order chi connectivity index (χ1) is 12.0. The molecule has 0 radical (unpaired) electrons. The molecule has 5 nitrogen and oxygen atoms in total. The maximum absolute atomic E-state index is 13.1. The molecule has 0 saturated heterocycles. The van der Waals surface area contributed by atoms with Gasteiger partial charge in [0.25, 0.3) is 5.56 Å².